The molecule has 1 spiro atoms. The number of nitrogens with zero attached hydrogens (tertiary/aromatic N) is 1. The minimum absolute atomic E-state index is 0.0436. The lowest BCUT2D eigenvalue weighted by atomic mass is 9.77. The second kappa shape index (κ2) is 4.07. The van der Waals surface area contributed by atoms with Crippen molar-refractivity contribution < 1.29 is 19.4 Å². The molecule has 0 radical (unpaired) electrons. The zero-order valence-corrected chi connectivity index (χ0v) is 11.3. The Balaban J connectivity index is 1.65. The minimum Gasteiger partial charge on any atom is -0.550 e. The fourth-order valence-corrected chi connectivity index (χ4v) is 4.50. The van der Waals surface area contributed by atoms with Crippen molar-refractivity contribution >= 4 is 11.9 Å². The van der Waals surface area contributed by atoms with Gasteiger partial charge in [-0.25, -0.2) is 0 Å². The van der Waals surface area contributed by atoms with Gasteiger partial charge < -0.3 is 19.5 Å². The monoisotopic (exact) mass is 276 g/mol. The summed E-state index contributed by atoms with van der Waals surface area (Å²) in [5, 5.41) is 11.4. The third kappa shape index (κ3) is 1.47. The summed E-state index contributed by atoms with van der Waals surface area (Å²) < 4.78 is 5.85. The molecule has 4 rings (SSSR count). The summed E-state index contributed by atoms with van der Waals surface area (Å²) in [5.74, 6) is -2.60. The number of amides is 1. The number of carboxylic acids is 1. The molecule has 1 amide bonds. The summed E-state index contributed by atoms with van der Waals surface area (Å²) in [5.41, 5.74) is -0.704. The Morgan fingerprint density at radius 2 is 2.10 bits per heavy atom. The van der Waals surface area contributed by atoms with E-state index in [1.54, 1.807) is 6.08 Å². The normalized spacial score (nSPS) is 43.3. The fourth-order valence-electron chi connectivity index (χ4n) is 4.50. The molecular weight excluding hydrogens is 258 g/mol. The maximum atomic E-state index is 12.7. The lowest BCUT2D eigenvalue weighted by Gasteiger charge is -2.32. The number of carbonyl (C=O) groups excluding carboxylic acids is 2. The van der Waals surface area contributed by atoms with Crippen LogP contribution in [-0.4, -0.2) is 41.1 Å². The Morgan fingerprint density at radius 1 is 1.35 bits per heavy atom. The first kappa shape index (κ1) is 12.4. The van der Waals surface area contributed by atoms with Crippen LogP contribution in [0.3, 0.4) is 0 Å². The van der Waals surface area contributed by atoms with Gasteiger partial charge in [0.2, 0.25) is 5.91 Å². The van der Waals surface area contributed by atoms with Crippen LogP contribution in [0.1, 0.15) is 32.1 Å². The van der Waals surface area contributed by atoms with Crippen LogP contribution in [0.15, 0.2) is 12.2 Å². The number of carbonyl (C=O) groups is 2. The molecule has 1 aliphatic carbocycles. The van der Waals surface area contributed by atoms with Crippen molar-refractivity contribution in [3.05, 3.63) is 12.2 Å². The van der Waals surface area contributed by atoms with Crippen LogP contribution < -0.4 is 5.11 Å². The summed E-state index contributed by atoms with van der Waals surface area (Å²) in [6.45, 7) is 0.512. The van der Waals surface area contributed by atoms with E-state index in [9.17, 15) is 14.7 Å². The molecule has 1 saturated carbocycles. The van der Waals surface area contributed by atoms with Gasteiger partial charge in [0.05, 0.1) is 18.6 Å². The Labute approximate surface area is 117 Å². The van der Waals surface area contributed by atoms with E-state index < -0.39 is 29.5 Å². The number of carboxylic acid groups (broad SMARTS) is 1. The van der Waals surface area contributed by atoms with Crippen molar-refractivity contribution in [1.29, 1.82) is 0 Å². The Morgan fingerprint density at radius 3 is 2.80 bits per heavy atom. The molecule has 2 saturated heterocycles. The zero-order chi connectivity index (χ0) is 13.9. The molecule has 0 aromatic carbocycles. The van der Waals surface area contributed by atoms with E-state index in [4.69, 9.17) is 4.74 Å². The molecule has 4 atom stereocenters. The first-order valence-corrected chi connectivity index (χ1v) is 7.51. The molecule has 20 heavy (non-hydrogen) atoms. The standard InChI is InChI=1S/C15H19NO4/c17-13-12-11(14(18)19)10-6-7-15(12,20-10)8-16(13)9-4-2-1-3-5-9/h6-7,9-12H,1-5,8H2,(H,18,19)/p-1. The van der Waals surface area contributed by atoms with E-state index in [1.165, 1.54) is 6.42 Å². The number of ether oxygens (including phenoxy) is 1. The summed E-state index contributed by atoms with van der Waals surface area (Å²) >= 11 is 0. The van der Waals surface area contributed by atoms with Crippen molar-refractivity contribution in [2.75, 3.05) is 6.54 Å². The highest BCUT2D eigenvalue weighted by molar-refractivity contribution is 5.90. The van der Waals surface area contributed by atoms with Gasteiger partial charge in [0.25, 0.3) is 0 Å². The van der Waals surface area contributed by atoms with Gasteiger partial charge in [-0.2, -0.15) is 0 Å². The topological polar surface area (TPSA) is 69.7 Å². The molecule has 5 nitrogen and oxygen atoms in total. The van der Waals surface area contributed by atoms with E-state index in [0.29, 0.717) is 6.54 Å². The summed E-state index contributed by atoms with van der Waals surface area (Å²) in [6, 6.07) is 0.259. The van der Waals surface area contributed by atoms with Crippen LogP contribution in [0.4, 0.5) is 0 Å². The molecule has 0 aromatic heterocycles. The van der Waals surface area contributed by atoms with Crippen molar-refractivity contribution in [1.82, 2.24) is 4.90 Å². The van der Waals surface area contributed by atoms with Gasteiger partial charge in [-0.15, -0.1) is 0 Å². The van der Waals surface area contributed by atoms with Crippen molar-refractivity contribution in [2.45, 2.75) is 49.9 Å². The average molecular weight is 276 g/mol. The predicted octanol–water partition coefficient (Wildman–Crippen LogP) is -0.149. The molecular formula is C15H18NO4-. The molecule has 3 heterocycles. The Kier molecular flexibility index (Phi) is 2.52. The maximum Gasteiger partial charge on any atom is 0.230 e. The highest BCUT2D eigenvalue weighted by Crippen LogP contribution is 2.52. The van der Waals surface area contributed by atoms with Gasteiger partial charge in [-0.05, 0) is 12.8 Å². The van der Waals surface area contributed by atoms with Gasteiger partial charge in [-0.3, -0.25) is 4.79 Å². The highest BCUT2D eigenvalue weighted by Gasteiger charge is 2.65. The summed E-state index contributed by atoms with van der Waals surface area (Å²) in [7, 11) is 0. The largest absolute Gasteiger partial charge is 0.550 e. The van der Waals surface area contributed by atoms with Crippen LogP contribution in [-0.2, 0) is 14.3 Å². The molecule has 0 aromatic rings. The van der Waals surface area contributed by atoms with Gasteiger partial charge in [0, 0.05) is 17.9 Å². The number of hydrogen-bond donors (Lipinski definition) is 0. The number of likely N-dealkylation sites (tertiary alicyclic amines) is 1. The highest BCUT2D eigenvalue weighted by atomic mass is 16.5. The third-order valence-electron chi connectivity index (χ3n) is 5.42. The van der Waals surface area contributed by atoms with Crippen LogP contribution in [0.2, 0.25) is 0 Å². The molecule has 3 fully saturated rings. The lowest BCUT2D eigenvalue weighted by molar-refractivity contribution is -0.313. The zero-order valence-electron chi connectivity index (χ0n) is 11.3. The van der Waals surface area contributed by atoms with Crippen molar-refractivity contribution in [2.24, 2.45) is 11.8 Å². The van der Waals surface area contributed by atoms with E-state index in [0.717, 1.165) is 25.7 Å². The maximum absolute atomic E-state index is 12.7. The summed E-state index contributed by atoms with van der Waals surface area (Å²) in [6.07, 6.45) is 8.78. The lowest BCUT2D eigenvalue weighted by Crippen LogP contribution is -2.46. The van der Waals surface area contributed by atoms with Gasteiger partial charge in [0.1, 0.15) is 5.60 Å². The van der Waals surface area contributed by atoms with E-state index in [1.807, 2.05) is 11.0 Å². The molecule has 3 aliphatic heterocycles. The number of rotatable bonds is 2. The third-order valence-corrected chi connectivity index (χ3v) is 5.42. The Bertz CT molecular complexity index is 496. The van der Waals surface area contributed by atoms with Gasteiger partial charge >= 0.3 is 0 Å². The average Bonchev–Trinajstić information content (AvgIpc) is 3.08. The smallest absolute Gasteiger partial charge is 0.230 e. The van der Waals surface area contributed by atoms with Crippen LogP contribution in [0, 0.1) is 11.8 Å². The van der Waals surface area contributed by atoms with Crippen LogP contribution in [0.25, 0.3) is 0 Å². The molecule has 108 valence electrons. The van der Waals surface area contributed by atoms with Crippen molar-refractivity contribution in [3.63, 3.8) is 0 Å². The van der Waals surface area contributed by atoms with Crippen LogP contribution in [0.5, 0.6) is 0 Å². The second-order valence-electron chi connectivity index (χ2n) is 6.48. The summed E-state index contributed by atoms with van der Waals surface area (Å²) in [4.78, 5) is 26.0. The fraction of sp³-hybridized carbons (Fsp3) is 0.733. The molecule has 0 N–H and O–H groups in total. The first-order chi connectivity index (χ1) is 9.62. The van der Waals surface area contributed by atoms with E-state index in [2.05, 4.69) is 0 Å². The first-order valence-electron chi connectivity index (χ1n) is 7.51. The minimum atomic E-state index is -1.16. The van der Waals surface area contributed by atoms with Crippen LogP contribution >= 0.6 is 0 Å². The molecule has 2 bridgehead atoms. The van der Waals surface area contributed by atoms with Crippen molar-refractivity contribution in [3.8, 4) is 0 Å². The Hall–Kier alpha value is -1.36. The second-order valence-corrected chi connectivity index (χ2v) is 6.48. The predicted molar refractivity (Wildman–Crippen MR) is 67.3 cm³/mol. The molecule has 5 heteroatoms. The van der Waals surface area contributed by atoms with E-state index >= 15 is 0 Å². The quantitative estimate of drug-likeness (QED) is 0.658. The number of aliphatic carboxylic acids is 1. The van der Waals surface area contributed by atoms with Gasteiger partial charge in [-0.1, -0.05) is 31.4 Å². The van der Waals surface area contributed by atoms with E-state index in [-0.39, 0.29) is 11.9 Å². The van der Waals surface area contributed by atoms with Gasteiger partial charge in [0.15, 0.2) is 0 Å². The number of fused-ring (bicyclic) bond motifs is 1. The molecule has 4 unspecified atom stereocenters. The number of hydrogen-bond acceptors (Lipinski definition) is 4. The molecule has 4 aliphatic rings. The SMILES string of the molecule is O=C([O-])C1C2C=CC3(CN(C4CCCCC4)C(=O)C13)O2.